The van der Waals surface area contributed by atoms with Gasteiger partial charge in [0.2, 0.25) is 0 Å². The van der Waals surface area contributed by atoms with Crippen molar-refractivity contribution in [3.8, 4) is 5.69 Å². The third-order valence-corrected chi connectivity index (χ3v) is 5.03. The zero-order valence-electron chi connectivity index (χ0n) is 13.7. The Morgan fingerprint density at radius 2 is 1.92 bits per heavy atom. The fraction of sp³-hybridized carbons (Fsp3) is 0.111. The lowest BCUT2D eigenvalue weighted by Gasteiger charge is -2.04. The molecule has 0 saturated heterocycles. The molecular weight excluding hydrogens is 372 g/mol. The van der Waals surface area contributed by atoms with Crippen molar-refractivity contribution >= 4 is 39.1 Å². The molecule has 130 valence electrons. The molecule has 0 spiro atoms. The molecule has 6 nitrogen and oxygen atoms in total. The van der Waals surface area contributed by atoms with E-state index < -0.39 is 5.97 Å². The molecule has 26 heavy (non-hydrogen) atoms. The van der Waals surface area contributed by atoms with E-state index in [-0.39, 0.29) is 12.4 Å². The van der Waals surface area contributed by atoms with Gasteiger partial charge in [-0.2, -0.15) is 0 Å². The van der Waals surface area contributed by atoms with Crippen molar-refractivity contribution in [2.45, 2.75) is 13.5 Å². The average Bonchev–Trinajstić information content (AvgIpc) is 3.23. The first-order valence-electron chi connectivity index (χ1n) is 7.82. The van der Waals surface area contributed by atoms with Crippen LogP contribution >= 0.6 is 22.9 Å². The average molecular weight is 385 g/mol. The lowest BCUT2D eigenvalue weighted by molar-refractivity contribution is 0.0458. The minimum absolute atomic E-state index is 0.0106. The summed E-state index contributed by atoms with van der Waals surface area (Å²) in [5.41, 5.74) is 1.55. The Balaban J connectivity index is 1.52. The normalized spacial score (nSPS) is 11.0. The number of carbonyl (C=O) groups is 1. The Hall–Kier alpha value is -2.77. The van der Waals surface area contributed by atoms with Crippen molar-refractivity contribution in [2.75, 3.05) is 0 Å². The van der Waals surface area contributed by atoms with Gasteiger partial charge in [-0.25, -0.2) is 19.4 Å². The summed E-state index contributed by atoms with van der Waals surface area (Å²) in [5, 5.41) is 5.47. The number of ether oxygens (including phenoxy) is 1. The molecule has 0 aliphatic carbocycles. The van der Waals surface area contributed by atoms with Crippen LogP contribution in [0.2, 0.25) is 5.02 Å². The van der Waals surface area contributed by atoms with Crippen molar-refractivity contribution in [3.63, 3.8) is 0 Å². The number of hydrogen-bond acceptors (Lipinski definition) is 6. The number of esters is 1. The molecule has 0 radical (unpaired) electrons. The van der Waals surface area contributed by atoms with Gasteiger partial charge in [0, 0.05) is 0 Å². The first-order chi connectivity index (χ1) is 12.6. The molecule has 0 amide bonds. The van der Waals surface area contributed by atoms with E-state index in [4.69, 9.17) is 16.3 Å². The summed E-state index contributed by atoms with van der Waals surface area (Å²) in [6.07, 6.45) is 0. The van der Waals surface area contributed by atoms with E-state index in [9.17, 15) is 4.79 Å². The molecule has 8 heteroatoms. The number of hydrogen-bond donors (Lipinski definition) is 0. The van der Waals surface area contributed by atoms with Crippen LogP contribution in [-0.2, 0) is 11.3 Å². The molecule has 0 bridgehead atoms. The highest BCUT2D eigenvalue weighted by Crippen LogP contribution is 2.23. The third kappa shape index (κ3) is 3.18. The number of benzene rings is 2. The number of rotatable bonds is 4. The number of aryl methyl sites for hydroxylation is 1. The minimum Gasteiger partial charge on any atom is -0.452 e. The SMILES string of the molecule is Cc1nc(C(=O)OCc2nc3ccccc3s2)nn1-c1ccccc1Cl. The van der Waals surface area contributed by atoms with Crippen molar-refractivity contribution < 1.29 is 9.53 Å². The lowest BCUT2D eigenvalue weighted by Crippen LogP contribution is -2.08. The first kappa shape index (κ1) is 16.7. The summed E-state index contributed by atoms with van der Waals surface area (Å²) in [6.45, 7) is 1.83. The fourth-order valence-electron chi connectivity index (χ4n) is 2.50. The summed E-state index contributed by atoms with van der Waals surface area (Å²) in [4.78, 5) is 20.9. The number of halogens is 1. The van der Waals surface area contributed by atoms with Gasteiger partial charge in [0.05, 0.1) is 20.9 Å². The molecule has 4 rings (SSSR count). The van der Waals surface area contributed by atoms with Crippen LogP contribution in [0.5, 0.6) is 0 Å². The Bertz CT molecular complexity index is 1070. The molecule has 0 N–H and O–H groups in total. The van der Waals surface area contributed by atoms with E-state index in [1.54, 1.807) is 19.1 Å². The third-order valence-electron chi connectivity index (χ3n) is 3.70. The van der Waals surface area contributed by atoms with Gasteiger partial charge in [-0.3, -0.25) is 0 Å². The Kier molecular flexibility index (Phi) is 4.40. The molecule has 2 aromatic carbocycles. The highest BCUT2D eigenvalue weighted by atomic mass is 35.5. The van der Waals surface area contributed by atoms with E-state index in [0.29, 0.717) is 16.5 Å². The number of thiazole rings is 1. The van der Waals surface area contributed by atoms with Crippen molar-refractivity contribution in [3.05, 3.63) is 70.2 Å². The standard InChI is InChI=1S/C18H13ClN4O2S/c1-11-20-17(22-23(11)14-8-4-2-6-12(14)19)18(24)25-10-16-21-13-7-3-5-9-15(13)26-16/h2-9H,10H2,1H3. The zero-order chi connectivity index (χ0) is 18.1. The van der Waals surface area contributed by atoms with Gasteiger partial charge in [-0.15, -0.1) is 16.4 Å². The first-order valence-corrected chi connectivity index (χ1v) is 9.01. The van der Waals surface area contributed by atoms with Gasteiger partial charge in [-0.05, 0) is 31.2 Å². The van der Waals surface area contributed by atoms with Crippen LogP contribution in [0.1, 0.15) is 21.5 Å². The predicted octanol–water partition coefficient (Wildman–Crippen LogP) is 4.20. The zero-order valence-corrected chi connectivity index (χ0v) is 15.3. The van der Waals surface area contributed by atoms with Crippen LogP contribution in [0, 0.1) is 6.92 Å². The second kappa shape index (κ2) is 6.86. The quantitative estimate of drug-likeness (QED) is 0.493. The largest absolute Gasteiger partial charge is 0.452 e. The maximum Gasteiger partial charge on any atom is 0.378 e. The summed E-state index contributed by atoms with van der Waals surface area (Å²) in [7, 11) is 0. The van der Waals surface area contributed by atoms with Crippen molar-refractivity contribution in [2.24, 2.45) is 0 Å². The molecule has 0 fully saturated rings. The maximum atomic E-state index is 12.3. The Morgan fingerprint density at radius 1 is 1.15 bits per heavy atom. The van der Waals surface area contributed by atoms with Crippen LogP contribution < -0.4 is 0 Å². The van der Waals surface area contributed by atoms with Crippen LogP contribution in [0.4, 0.5) is 0 Å². The summed E-state index contributed by atoms with van der Waals surface area (Å²) < 4.78 is 7.89. The van der Waals surface area contributed by atoms with E-state index >= 15 is 0 Å². The maximum absolute atomic E-state index is 12.3. The monoisotopic (exact) mass is 384 g/mol. The Morgan fingerprint density at radius 3 is 2.73 bits per heavy atom. The lowest BCUT2D eigenvalue weighted by atomic mass is 10.3. The van der Waals surface area contributed by atoms with Crippen molar-refractivity contribution in [1.82, 2.24) is 19.7 Å². The number of fused-ring (bicyclic) bond motifs is 1. The highest BCUT2D eigenvalue weighted by Gasteiger charge is 2.18. The molecule has 0 saturated carbocycles. The van der Waals surface area contributed by atoms with E-state index in [2.05, 4.69) is 15.1 Å². The van der Waals surface area contributed by atoms with Gasteiger partial charge in [0.25, 0.3) is 5.82 Å². The topological polar surface area (TPSA) is 69.9 Å². The van der Waals surface area contributed by atoms with Gasteiger partial charge in [0.1, 0.15) is 17.4 Å². The molecule has 0 atom stereocenters. The second-order valence-corrected chi connectivity index (χ2v) is 7.02. The highest BCUT2D eigenvalue weighted by molar-refractivity contribution is 7.18. The smallest absolute Gasteiger partial charge is 0.378 e. The van der Waals surface area contributed by atoms with E-state index in [0.717, 1.165) is 15.2 Å². The number of para-hydroxylation sites is 2. The molecule has 4 aromatic rings. The molecular formula is C18H13ClN4O2S. The van der Waals surface area contributed by atoms with E-state index in [1.807, 2.05) is 36.4 Å². The predicted molar refractivity (Wildman–Crippen MR) is 99.8 cm³/mol. The second-order valence-electron chi connectivity index (χ2n) is 5.50. The van der Waals surface area contributed by atoms with Crippen molar-refractivity contribution in [1.29, 1.82) is 0 Å². The molecule has 0 aliphatic rings. The Labute approximate surface area is 158 Å². The van der Waals surface area contributed by atoms with Crippen LogP contribution in [-0.4, -0.2) is 25.7 Å². The van der Waals surface area contributed by atoms with Gasteiger partial charge < -0.3 is 4.74 Å². The summed E-state index contributed by atoms with van der Waals surface area (Å²) in [6, 6.07) is 15.0. The van der Waals surface area contributed by atoms with Gasteiger partial charge in [0.15, 0.2) is 0 Å². The molecule has 2 heterocycles. The fourth-order valence-corrected chi connectivity index (χ4v) is 3.60. The molecule has 0 unspecified atom stereocenters. The van der Waals surface area contributed by atoms with Crippen LogP contribution in [0.15, 0.2) is 48.5 Å². The number of carbonyl (C=O) groups excluding carboxylic acids is 1. The summed E-state index contributed by atoms with van der Waals surface area (Å²) in [5.74, 6) is -0.0632. The van der Waals surface area contributed by atoms with Gasteiger partial charge in [-0.1, -0.05) is 35.9 Å². The van der Waals surface area contributed by atoms with Crippen LogP contribution in [0.25, 0.3) is 15.9 Å². The van der Waals surface area contributed by atoms with Gasteiger partial charge >= 0.3 is 5.97 Å². The number of nitrogens with zero attached hydrogens (tertiary/aromatic N) is 4. The molecule has 0 aliphatic heterocycles. The van der Waals surface area contributed by atoms with E-state index in [1.165, 1.54) is 16.0 Å². The molecule has 2 aromatic heterocycles. The summed E-state index contributed by atoms with van der Waals surface area (Å²) >= 11 is 7.68. The minimum atomic E-state index is -0.599. The number of aromatic nitrogens is 4. The van der Waals surface area contributed by atoms with Crippen LogP contribution in [0.3, 0.4) is 0 Å².